The van der Waals surface area contributed by atoms with Crippen molar-refractivity contribution in [3.63, 3.8) is 0 Å². The smallest absolute Gasteiger partial charge is 0.335 e. The minimum Gasteiger partial charge on any atom is -0.504 e. The maximum absolute atomic E-state index is 12.8. The molecule has 0 aliphatic carbocycles. The van der Waals surface area contributed by atoms with Crippen LogP contribution in [0.3, 0.4) is 0 Å². The second kappa shape index (κ2) is 7.19. The van der Waals surface area contributed by atoms with E-state index >= 15 is 0 Å². The Morgan fingerprint density at radius 2 is 1.86 bits per heavy atom. The Balaban J connectivity index is 2.12. The molecule has 1 saturated heterocycles. The molecule has 0 radical (unpaired) electrons. The zero-order chi connectivity index (χ0) is 20.4. The standard InChI is InChI=1S/C18H13N3O7/c1-28-14-9-12(21(26)27)7-10(15(14)22)8-13-16(23)19-18(25)20(17(13)24)11-5-3-2-4-6-11/h2-9,22H,1H3,(H,19,23,25). The molecule has 28 heavy (non-hydrogen) atoms. The number of nitro groups is 1. The summed E-state index contributed by atoms with van der Waals surface area (Å²) in [5.41, 5.74) is -0.862. The number of non-ortho nitro benzene ring substituents is 1. The number of aromatic hydroxyl groups is 1. The van der Waals surface area contributed by atoms with E-state index in [-0.39, 0.29) is 17.0 Å². The number of ether oxygens (including phenoxy) is 1. The molecular formula is C18H13N3O7. The van der Waals surface area contributed by atoms with Gasteiger partial charge in [0.15, 0.2) is 11.5 Å². The number of nitrogens with one attached hydrogen (secondary N) is 1. The molecule has 2 N–H and O–H groups in total. The van der Waals surface area contributed by atoms with Crippen LogP contribution in [0, 0.1) is 10.1 Å². The van der Waals surface area contributed by atoms with Crippen molar-refractivity contribution in [2.24, 2.45) is 0 Å². The van der Waals surface area contributed by atoms with Gasteiger partial charge >= 0.3 is 6.03 Å². The van der Waals surface area contributed by atoms with Crippen LogP contribution < -0.4 is 15.0 Å². The lowest BCUT2D eigenvalue weighted by Gasteiger charge is -2.26. The van der Waals surface area contributed by atoms with E-state index in [2.05, 4.69) is 0 Å². The lowest BCUT2D eigenvalue weighted by atomic mass is 10.0. The fourth-order valence-corrected chi connectivity index (χ4v) is 2.61. The molecule has 1 aliphatic heterocycles. The van der Waals surface area contributed by atoms with Gasteiger partial charge in [0.05, 0.1) is 23.8 Å². The fraction of sp³-hybridized carbons (Fsp3) is 0.0556. The first-order valence-corrected chi connectivity index (χ1v) is 7.85. The van der Waals surface area contributed by atoms with Gasteiger partial charge in [0, 0.05) is 11.6 Å². The second-order valence-electron chi connectivity index (χ2n) is 5.64. The molecule has 0 atom stereocenters. The summed E-state index contributed by atoms with van der Waals surface area (Å²) < 4.78 is 4.89. The first kappa shape index (κ1) is 18.6. The summed E-state index contributed by atoms with van der Waals surface area (Å²) in [6.45, 7) is 0. The number of phenolic OH excluding ortho intramolecular Hbond substituents is 1. The molecule has 0 aromatic heterocycles. The minimum absolute atomic E-state index is 0.188. The minimum atomic E-state index is -0.993. The van der Waals surface area contributed by atoms with Gasteiger partial charge in [-0.25, -0.2) is 9.69 Å². The van der Waals surface area contributed by atoms with Crippen LogP contribution >= 0.6 is 0 Å². The Hall–Kier alpha value is -4.21. The number of barbiturate groups is 1. The maximum atomic E-state index is 12.8. The number of rotatable bonds is 4. The highest BCUT2D eigenvalue weighted by Crippen LogP contribution is 2.36. The maximum Gasteiger partial charge on any atom is 0.335 e. The second-order valence-corrected chi connectivity index (χ2v) is 5.64. The van der Waals surface area contributed by atoms with Crippen molar-refractivity contribution in [2.75, 3.05) is 12.0 Å². The van der Waals surface area contributed by atoms with Crippen molar-refractivity contribution >= 4 is 35.3 Å². The number of hydrogen-bond acceptors (Lipinski definition) is 7. The van der Waals surface area contributed by atoms with Crippen LogP contribution in [0.2, 0.25) is 0 Å². The Morgan fingerprint density at radius 1 is 1.18 bits per heavy atom. The molecule has 0 spiro atoms. The molecular weight excluding hydrogens is 370 g/mol. The Kier molecular flexibility index (Phi) is 4.77. The van der Waals surface area contributed by atoms with Crippen molar-refractivity contribution in [1.29, 1.82) is 0 Å². The number of nitrogens with zero attached hydrogens (tertiary/aromatic N) is 2. The summed E-state index contributed by atoms with van der Waals surface area (Å²) in [6, 6.07) is 8.94. The number of amides is 4. The molecule has 2 aromatic rings. The zero-order valence-electron chi connectivity index (χ0n) is 14.4. The molecule has 1 fully saturated rings. The van der Waals surface area contributed by atoms with E-state index in [4.69, 9.17) is 4.74 Å². The highest BCUT2D eigenvalue weighted by atomic mass is 16.6. The number of imide groups is 2. The average Bonchev–Trinajstić information content (AvgIpc) is 2.66. The number of carbonyl (C=O) groups is 3. The lowest BCUT2D eigenvalue weighted by molar-refractivity contribution is -0.385. The van der Waals surface area contributed by atoms with Gasteiger partial charge in [0.25, 0.3) is 17.5 Å². The number of anilines is 1. The number of methoxy groups -OCH3 is 1. The summed E-state index contributed by atoms with van der Waals surface area (Å²) in [4.78, 5) is 48.2. The van der Waals surface area contributed by atoms with Gasteiger partial charge < -0.3 is 9.84 Å². The van der Waals surface area contributed by atoms with Crippen molar-refractivity contribution in [3.8, 4) is 11.5 Å². The Morgan fingerprint density at radius 3 is 2.46 bits per heavy atom. The van der Waals surface area contributed by atoms with Gasteiger partial charge in [-0.15, -0.1) is 0 Å². The van der Waals surface area contributed by atoms with Crippen molar-refractivity contribution in [3.05, 3.63) is 63.7 Å². The van der Waals surface area contributed by atoms with E-state index < -0.39 is 39.8 Å². The quantitative estimate of drug-likeness (QED) is 0.356. The lowest BCUT2D eigenvalue weighted by Crippen LogP contribution is -2.54. The predicted octanol–water partition coefficient (Wildman–Crippen LogP) is 1.98. The summed E-state index contributed by atoms with van der Waals surface area (Å²) >= 11 is 0. The number of nitro benzene ring substituents is 1. The first-order valence-electron chi connectivity index (χ1n) is 7.85. The van der Waals surface area contributed by atoms with Crippen LogP contribution in [0.25, 0.3) is 6.08 Å². The molecule has 2 aromatic carbocycles. The third-order valence-electron chi connectivity index (χ3n) is 3.94. The van der Waals surface area contributed by atoms with Gasteiger partial charge in [0.2, 0.25) is 0 Å². The predicted molar refractivity (Wildman–Crippen MR) is 96.8 cm³/mol. The largest absolute Gasteiger partial charge is 0.504 e. The third kappa shape index (κ3) is 3.26. The van der Waals surface area contributed by atoms with Crippen LogP contribution in [-0.4, -0.2) is 35.0 Å². The number of phenols is 1. The van der Waals surface area contributed by atoms with E-state index in [0.717, 1.165) is 23.1 Å². The summed E-state index contributed by atoms with van der Waals surface area (Å²) in [6.07, 6.45) is 0.963. The van der Waals surface area contributed by atoms with Crippen LogP contribution in [0.15, 0.2) is 48.0 Å². The van der Waals surface area contributed by atoms with Gasteiger partial charge in [-0.1, -0.05) is 18.2 Å². The van der Waals surface area contributed by atoms with Gasteiger partial charge in [-0.3, -0.25) is 25.0 Å². The van der Waals surface area contributed by atoms with Crippen molar-refractivity contribution in [2.45, 2.75) is 0 Å². The number of para-hydroxylation sites is 1. The average molecular weight is 383 g/mol. The number of carbonyl (C=O) groups excluding carboxylic acids is 3. The van der Waals surface area contributed by atoms with Crippen molar-refractivity contribution in [1.82, 2.24) is 5.32 Å². The summed E-state index contributed by atoms with van der Waals surface area (Å²) in [5.74, 6) is -2.64. The molecule has 0 bridgehead atoms. The number of hydrogen-bond donors (Lipinski definition) is 2. The third-order valence-corrected chi connectivity index (χ3v) is 3.94. The van der Waals surface area contributed by atoms with E-state index in [0.29, 0.717) is 0 Å². The topological polar surface area (TPSA) is 139 Å². The Bertz CT molecular complexity index is 1030. The van der Waals surface area contributed by atoms with Crippen LogP contribution in [0.4, 0.5) is 16.2 Å². The van der Waals surface area contributed by atoms with Crippen LogP contribution in [0.5, 0.6) is 11.5 Å². The molecule has 1 heterocycles. The molecule has 1 aliphatic rings. The highest BCUT2D eigenvalue weighted by molar-refractivity contribution is 6.39. The molecule has 4 amide bonds. The van der Waals surface area contributed by atoms with Crippen LogP contribution in [0.1, 0.15) is 5.56 Å². The van der Waals surface area contributed by atoms with Crippen molar-refractivity contribution < 1.29 is 29.2 Å². The molecule has 142 valence electrons. The van der Waals surface area contributed by atoms with Crippen LogP contribution in [-0.2, 0) is 9.59 Å². The Labute approximate surface area is 157 Å². The highest BCUT2D eigenvalue weighted by Gasteiger charge is 2.37. The number of urea groups is 1. The van der Waals surface area contributed by atoms with E-state index in [9.17, 15) is 29.6 Å². The fourth-order valence-electron chi connectivity index (χ4n) is 2.61. The number of benzene rings is 2. The van der Waals surface area contributed by atoms with E-state index in [1.165, 1.54) is 19.2 Å². The SMILES string of the molecule is COc1cc([N+](=O)[O-])cc(C=C2C(=O)NC(=O)N(c3ccccc3)C2=O)c1O. The van der Waals surface area contributed by atoms with Gasteiger partial charge in [0.1, 0.15) is 5.57 Å². The van der Waals surface area contributed by atoms with Gasteiger partial charge in [-0.05, 0) is 18.2 Å². The normalized spacial score (nSPS) is 15.5. The van der Waals surface area contributed by atoms with E-state index in [1.54, 1.807) is 18.2 Å². The first-order chi connectivity index (χ1) is 13.3. The monoisotopic (exact) mass is 383 g/mol. The zero-order valence-corrected chi connectivity index (χ0v) is 14.4. The summed E-state index contributed by atoms with van der Waals surface area (Å²) in [5, 5.41) is 23.3. The summed E-state index contributed by atoms with van der Waals surface area (Å²) in [7, 11) is 1.20. The van der Waals surface area contributed by atoms with Gasteiger partial charge in [-0.2, -0.15) is 0 Å². The van der Waals surface area contributed by atoms with E-state index in [1.807, 2.05) is 5.32 Å². The molecule has 10 heteroatoms. The molecule has 0 saturated carbocycles. The molecule has 10 nitrogen and oxygen atoms in total. The molecule has 3 rings (SSSR count). The molecule has 0 unspecified atom stereocenters.